The molecule has 7 nitrogen and oxygen atoms in total. The van der Waals surface area contributed by atoms with Crippen molar-refractivity contribution in [3.8, 4) is 0 Å². The summed E-state index contributed by atoms with van der Waals surface area (Å²) in [6.45, 7) is 3.94. The first kappa shape index (κ1) is 19.4. The van der Waals surface area contributed by atoms with E-state index in [0.29, 0.717) is 12.1 Å². The Kier molecular flexibility index (Phi) is 5.51. The van der Waals surface area contributed by atoms with Crippen LogP contribution in [-0.4, -0.2) is 36.6 Å². The molecule has 146 valence electrons. The fraction of sp³-hybridized carbons (Fsp3) is 0.550. The second-order valence-electron chi connectivity index (χ2n) is 7.22. The summed E-state index contributed by atoms with van der Waals surface area (Å²) in [4.78, 5) is 37.2. The van der Waals surface area contributed by atoms with Crippen LogP contribution in [0.25, 0.3) is 0 Å². The summed E-state index contributed by atoms with van der Waals surface area (Å²) in [5.41, 5.74) is 5.87. The van der Waals surface area contributed by atoms with Crippen molar-refractivity contribution in [3.05, 3.63) is 30.3 Å². The van der Waals surface area contributed by atoms with Crippen molar-refractivity contribution in [3.63, 3.8) is 0 Å². The molecule has 3 rings (SSSR count). The van der Waals surface area contributed by atoms with Crippen LogP contribution < -0.4 is 11.1 Å². The van der Waals surface area contributed by atoms with Gasteiger partial charge in [0, 0.05) is 18.0 Å². The van der Waals surface area contributed by atoms with E-state index in [1.807, 2.05) is 18.2 Å². The molecule has 0 radical (unpaired) electrons. The maximum atomic E-state index is 12.5. The van der Waals surface area contributed by atoms with Crippen molar-refractivity contribution in [2.75, 3.05) is 18.5 Å². The first-order valence-electron chi connectivity index (χ1n) is 9.40. The summed E-state index contributed by atoms with van der Waals surface area (Å²) in [6, 6.07) is 9.15. The van der Waals surface area contributed by atoms with E-state index < -0.39 is 17.4 Å². The van der Waals surface area contributed by atoms with E-state index in [0.717, 1.165) is 0 Å². The standard InChI is InChI=1S/C20H26N2O5/c1-3-26-18(24)16-15-12(10-14(23)22-13-8-6-5-7-9-13)11-20(21,17(15)16)19(25)27-4-2/h5-9,12,15-17H,3-4,10-11,21H2,1-2H3,(H,22,23). The number of anilines is 1. The van der Waals surface area contributed by atoms with Crippen LogP contribution in [0.4, 0.5) is 5.69 Å². The minimum Gasteiger partial charge on any atom is -0.466 e. The van der Waals surface area contributed by atoms with Gasteiger partial charge in [0.2, 0.25) is 5.91 Å². The van der Waals surface area contributed by atoms with E-state index in [1.165, 1.54) is 0 Å². The Hall–Kier alpha value is -2.41. The highest BCUT2D eigenvalue weighted by atomic mass is 16.5. The molecular weight excluding hydrogens is 348 g/mol. The SMILES string of the molecule is CCOC(=O)C1C2C(CC(=O)Nc3ccccc3)CC(N)(C(=O)OCC)C12. The zero-order chi connectivity index (χ0) is 19.6. The molecule has 5 atom stereocenters. The van der Waals surface area contributed by atoms with Gasteiger partial charge in [-0.3, -0.25) is 14.4 Å². The van der Waals surface area contributed by atoms with Crippen LogP contribution >= 0.6 is 0 Å². The van der Waals surface area contributed by atoms with Gasteiger partial charge in [-0.1, -0.05) is 18.2 Å². The lowest BCUT2D eigenvalue weighted by atomic mass is 9.86. The van der Waals surface area contributed by atoms with E-state index in [1.54, 1.807) is 26.0 Å². The van der Waals surface area contributed by atoms with Gasteiger partial charge in [0.05, 0.1) is 19.1 Å². The van der Waals surface area contributed by atoms with Crippen molar-refractivity contribution >= 4 is 23.5 Å². The molecule has 27 heavy (non-hydrogen) atoms. The van der Waals surface area contributed by atoms with Crippen molar-refractivity contribution in [2.45, 2.75) is 32.2 Å². The maximum absolute atomic E-state index is 12.5. The fourth-order valence-electron chi connectivity index (χ4n) is 4.50. The number of hydrogen-bond acceptors (Lipinski definition) is 6. The number of carbonyl (C=O) groups is 3. The minimum absolute atomic E-state index is 0.125. The Balaban J connectivity index is 1.72. The molecule has 7 heteroatoms. The van der Waals surface area contributed by atoms with Crippen LogP contribution in [0, 0.1) is 23.7 Å². The highest BCUT2D eigenvalue weighted by Gasteiger charge is 2.74. The molecule has 1 amide bonds. The number of ether oxygens (including phenoxy) is 2. The molecule has 0 spiro atoms. The molecule has 0 aromatic heterocycles. The number of hydrogen-bond donors (Lipinski definition) is 2. The third-order valence-corrected chi connectivity index (χ3v) is 5.53. The van der Waals surface area contributed by atoms with Gasteiger partial charge in [0.1, 0.15) is 5.54 Å². The lowest BCUT2D eigenvalue weighted by molar-refractivity contribution is -0.152. The Bertz CT molecular complexity index is 722. The predicted molar refractivity (Wildman–Crippen MR) is 98.5 cm³/mol. The van der Waals surface area contributed by atoms with Crippen molar-refractivity contribution < 1.29 is 23.9 Å². The number of rotatable bonds is 7. The summed E-state index contributed by atoms with van der Waals surface area (Å²) in [6.07, 6.45) is 0.531. The van der Waals surface area contributed by atoms with Gasteiger partial charge in [0.25, 0.3) is 0 Å². The molecule has 5 unspecified atom stereocenters. The second-order valence-corrected chi connectivity index (χ2v) is 7.22. The molecule has 2 aliphatic carbocycles. The van der Waals surface area contributed by atoms with E-state index in [2.05, 4.69) is 5.32 Å². The summed E-state index contributed by atoms with van der Waals surface area (Å²) >= 11 is 0. The molecule has 0 aliphatic heterocycles. The summed E-state index contributed by atoms with van der Waals surface area (Å²) in [5.74, 6) is -2.07. The molecule has 2 aliphatic rings. The number of amides is 1. The van der Waals surface area contributed by atoms with Gasteiger partial charge < -0.3 is 20.5 Å². The number of esters is 2. The quantitative estimate of drug-likeness (QED) is 0.704. The average molecular weight is 374 g/mol. The number of nitrogens with one attached hydrogen (secondary N) is 1. The minimum atomic E-state index is -1.24. The zero-order valence-corrected chi connectivity index (χ0v) is 15.6. The average Bonchev–Trinajstić information content (AvgIpc) is 3.32. The third-order valence-electron chi connectivity index (χ3n) is 5.53. The van der Waals surface area contributed by atoms with Crippen molar-refractivity contribution in [1.82, 2.24) is 0 Å². The predicted octanol–water partition coefficient (Wildman–Crippen LogP) is 1.72. The third kappa shape index (κ3) is 3.69. The van der Waals surface area contributed by atoms with Crippen LogP contribution in [0.3, 0.4) is 0 Å². The monoisotopic (exact) mass is 374 g/mol. The number of para-hydroxylation sites is 1. The molecule has 3 N–H and O–H groups in total. The van der Waals surface area contributed by atoms with Gasteiger partial charge in [-0.05, 0) is 44.2 Å². The molecule has 0 saturated heterocycles. The van der Waals surface area contributed by atoms with Gasteiger partial charge in [-0.2, -0.15) is 0 Å². The van der Waals surface area contributed by atoms with Gasteiger partial charge in [-0.15, -0.1) is 0 Å². The van der Waals surface area contributed by atoms with Gasteiger partial charge in [0.15, 0.2) is 0 Å². The summed E-state index contributed by atoms with van der Waals surface area (Å²) in [5, 5.41) is 2.85. The molecule has 1 aromatic carbocycles. The molecule has 2 fully saturated rings. The Morgan fingerprint density at radius 3 is 2.44 bits per heavy atom. The lowest BCUT2D eigenvalue weighted by Crippen LogP contribution is -2.51. The van der Waals surface area contributed by atoms with Gasteiger partial charge in [-0.25, -0.2) is 0 Å². The van der Waals surface area contributed by atoms with Crippen LogP contribution in [0.1, 0.15) is 26.7 Å². The Morgan fingerprint density at radius 1 is 1.15 bits per heavy atom. The van der Waals surface area contributed by atoms with E-state index in [4.69, 9.17) is 15.2 Å². The smallest absolute Gasteiger partial charge is 0.326 e. The largest absolute Gasteiger partial charge is 0.466 e. The fourth-order valence-corrected chi connectivity index (χ4v) is 4.50. The second kappa shape index (κ2) is 7.68. The Labute approximate surface area is 158 Å². The summed E-state index contributed by atoms with van der Waals surface area (Å²) < 4.78 is 10.3. The van der Waals surface area contributed by atoms with Crippen LogP contribution in [0.2, 0.25) is 0 Å². The summed E-state index contributed by atoms with van der Waals surface area (Å²) in [7, 11) is 0. The number of carbonyl (C=O) groups excluding carboxylic acids is 3. The molecule has 0 heterocycles. The highest BCUT2D eigenvalue weighted by Crippen LogP contribution is 2.65. The highest BCUT2D eigenvalue weighted by molar-refractivity contribution is 5.92. The number of fused-ring (bicyclic) bond motifs is 1. The van der Waals surface area contributed by atoms with Crippen molar-refractivity contribution in [2.24, 2.45) is 29.4 Å². The van der Waals surface area contributed by atoms with Crippen LogP contribution in [-0.2, 0) is 23.9 Å². The first-order chi connectivity index (χ1) is 12.9. The molecule has 1 aromatic rings. The first-order valence-corrected chi connectivity index (χ1v) is 9.40. The van der Waals surface area contributed by atoms with Crippen LogP contribution in [0.5, 0.6) is 0 Å². The number of nitrogens with two attached hydrogens (primary N) is 1. The topological polar surface area (TPSA) is 108 Å². The molecule has 2 saturated carbocycles. The van der Waals surface area contributed by atoms with Crippen LogP contribution in [0.15, 0.2) is 30.3 Å². The lowest BCUT2D eigenvalue weighted by Gasteiger charge is -2.27. The van der Waals surface area contributed by atoms with Gasteiger partial charge >= 0.3 is 11.9 Å². The van der Waals surface area contributed by atoms with E-state index in [-0.39, 0.29) is 49.3 Å². The number of benzene rings is 1. The normalized spacial score (nSPS) is 30.9. The zero-order valence-electron chi connectivity index (χ0n) is 15.6. The van der Waals surface area contributed by atoms with E-state index in [9.17, 15) is 14.4 Å². The van der Waals surface area contributed by atoms with E-state index >= 15 is 0 Å². The molecule has 0 bridgehead atoms. The molecular formula is C20H26N2O5. The van der Waals surface area contributed by atoms with Crippen molar-refractivity contribution in [1.29, 1.82) is 0 Å². The maximum Gasteiger partial charge on any atom is 0.326 e. The Morgan fingerprint density at radius 2 is 1.81 bits per heavy atom.